The molecule has 4 heteroatoms. The number of methoxy groups -OCH3 is 1. The third-order valence-electron chi connectivity index (χ3n) is 3.25. The Morgan fingerprint density at radius 1 is 1.20 bits per heavy atom. The van der Waals surface area contributed by atoms with Crippen molar-refractivity contribution in [2.24, 2.45) is 0 Å². The maximum atomic E-state index is 5.43. The first-order valence-corrected chi connectivity index (χ1v) is 7.30. The molecule has 1 aromatic carbocycles. The highest BCUT2D eigenvalue weighted by atomic mass is 79.9. The van der Waals surface area contributed by atoms with Gasteiger partial charge in [0.2, 0.25) is 0 Å². The number of ether oxygens (including phenoxy) is 1. The van der Waals surface area contributed by atoms with E-state index in [4.69, 9.17) is 4.74 Å². The second kappa shape index (κ2) is 6.27. The summed E-state index contributed by atoms with van der Waals surface area (Å²) in [7, 11) is 1.70. The molecule has 2 rings (SSSR count). The molecule has 0 amide bonds. The molecule has 0 unspecified atom stereocenters. The van der Waals surface area contributed by atoms with Crippen molar-refractivity contribution in [1.29, 1.82) is 0 Å². The van der Waals surface area contributed by atoms with Crippen LogP contribution in [0.4, 0.5) is 5.69 Å². The first kappa shape index (κ1) is 14.9. The third kappa shape index (κ3) is 3.31. The third-order valence-corrected chi connectivity index (χ3v) is 3.71. The first-order chi connectivity index (χ1) is 9.51. The van der Waals surface area contributed by atoms with Crippen molar-refractivity contribution in [3.8, 4) is 5.75 Å². The quantitative estimate of drug-likeness (QED) is 0.900. The number of aryl methyl sites for hydroxylation is 2. The summed E-state index contributed by atoms with van der Waals surface area (Å²) in [6.07, 6.45) is 1.86. The number of nitrogens with one attached hydrogen (secondary N) is 1. The van der Waals surface area contributed by atoms with Crippen LogP contribution in [-0.4, -0.2) is 12.1 Å². The molecule has 106 valence electrons. The van der Waals surface area contributed by atoms with Crippen molar-refractivity contribution >= 4 is 21.6 Å². The van der Waals surface area contributed by atoms with E-state index in [0.717, 1.165) is 32.7 Å². The van der Waals surface area contributed by atoms with Gasteiger partial charge in [-0.1, -0.05) is 15.9 Å². The molecule has 1 N–H and O–H groups in total. The minimum absolute atomic E-state index is 0.679. The summed E-state index contributed by atoms with van der Waals surface area (Å²) in [5.41, 5.74) is 5.45. The van der Waals surface area contributed by atoms with Crippen LogP contribution in [0.15, 0.2) is 28.9 Å². The molecule has 3 nitrogen and oxygen atoms in total. The predicted molar refractivity (Wildman–Crippen MR) is 86.5 cm³/mol. The van der Waals surface area contributed by atoms with Crippen molar-refractivity contribution in [3.05, 3.63) is 51.3 Å². The van der Waals surface area contributed by atoms with Crippen LogP contribution in [0.1, 0.15) is 22.4 Å². The second-order valence-corrected chi connectivity index (χ2v) is 5.83. The normalized spacial score (nSPS) is 10.4. The number of hydrogen-bond donors (Lipinski definition) is 1. The number of halogens is 1. The Hall–Kier alpha value is -1.55. The molecule has 0 saturated carbocycles. The molecule has 2 aromatic rings. The molecular weight excluding hydrogens is 316 g/mol. The first-order valence-electron chi connectivity index (χ1n) is 6.51. The van der Waals surface area contributed by atoms with E-state index in [-0.39, 0.29) is 0 Å². The average molecular weight is 335 g/mol. The van der Waals surface area contributed by atoms with Crippen molar-refractivity contribution in [2.45, 2.75) is 27.3 Å². The van der Waals surface area contributed by atoms with Crippen LogP contribution in [0.5, 0.6) is 5.75 Å². The highest BCUT2D eigenvalue weighted by Gasteiger charge is 2.09. The number of aromatic nitrogens is 1. The van der Waals surface area contributed by atoms with Crippen LogP contribution >= 0.6 is 15.9 Å². The number of rotatable bonds is 4. The van der Waals surface area contributed by atoms with Gasteiger partial charge in [0.25, 0.3) is 0 Å². The van der Waals surface area contributed by atoms with Gasteiger partial charge in [-0.2, -0.15) is 0 Å². The fourth-order valence-electron chi connectivity index (χ4n) is 2.27. The lowest BCUT2D eigenvalue weighted by molar-refractivity contribution is 0.407. The molecule has 20 heavy (non-hydrogen) atoms. The lowest BCUT2D eigenvalue weighted by Crippen LogP contribution is -2.06. The van der Waals surface area contributed by atoms with E-state index in [1.807, 2.05) is 20.0 Å². The van der Waals surface area contributed by atoms with E-state index in [0.29, 0.717) is 6.54 Å². The Balaban J connectivity index is 2.19. The van der Waals surface area contributed by atoms with E-state index >= 15 is 0 Å². The van der Waals surface area contributed by atoms with Crippen LogP contribution in [-0.2, 0) is 6.54 Å². The molecule has 0 spiro atoms. The van der Waals surface area contributed by atoms with Gasteiger partial charge in [0, 0.05) is 27.5 Å². The van der Waals surface area contributed by atoms with Crippen molar-refractivity contribution < 1.29 is 4.74 Å². The lowest BCUT2D eigenvalue weighted by atomic mass is 10.1. The average Bonchev–Trinajstić information content (AvgIpc) is 2.37. The summed E-state index contributed by atoms with van der Waals surface area (Å²) in [5, 5.41) is 3.41. The van der Waals surface area contributed by atoms with Crippen LogP contribution in [0, 0.1) is 20.8 Å². The Kier molecular flexibility index (Phi) is 4.65. The Morgan fingerprint density at radius 2 is 1.95 bits per heavy atom. The predicted octanol–water partition coefficient (Wildman–Crippen LogP) is 4.39. The maximum absolute atomic E-state index is 5.43. The zero-order valence-corrected chi connectivity index (χ0v) is 13.8. The number of pyridine rings is 1. The Labute approximate surface area is 128 Å². The SMILES string of the molecule is COc1c(C)cnc(CNc2cc(C)cc(Br)c2)c1C. The Bertz CT molecular complexity index is 606. The molecule has 1 aromatic heterocycles. The van der Waals surface area contributed by atoms with E-state index in [1.54, 1.807) is 7.11 Å². The highest BCUT2D eigenvalue weighted by Crippen LogP contribution is 2.25. The maximum Gasteiger partial charge on any atom is 0.128 e. The zero-order chi connectivity index (χ0) is 14.7. The fourth-order valence-corrected chi connectivity index (χ4v) is 2.88. The van der Waals surface area contributed by atoms with E-state index in [9.17, 15) is 0 Å². The van der Waals surface area contributed by atoms with Crippen LogP contribution in [0.25, 0.3) is 0 Å². The number of anilines is 1. The molecule has 0 aliphatic rings. The number of hydrogen-bond acceptors (Lipinski definition) is 3. The molecule has 0 atom stereocenters. The Morgan fingerprint density at radius 3 is 2.60 bits per heavy atom. The monoisotopic (exact) mass is 334 g/mol. The smallest absolute Gasteiger partial charge is 0.128 e. The molecule has 1 heterocycles. The molecule has 0 bridgehead atoms. The molecule has 0 radical (unpaired) electrons. The summed E-state index contributed by atoms with van der Waals surface area (Å²) in [6, 6.07) is 6.27. The van der Waals surface area contributed by atoms with Gasteiger partial charge >= 0.3 is 0 Å². The molecule has 0 aliphatic heterocycles. The van der Waals surface area contributed by atoms with Crippen LogP contribution in [0.2, 0.25) is 0 Å². The van der Waals surface area contributed by atoms with Gasteiger partial charge in [-0.25, -0.2) is 0 Å². The standard InChI is InChI=1S/C16H19BrN2O/c1-10-5-13(17)7-14(6-10)18-9-15-12(3)16(20-4)11(2)8-19-15/h5-8,18H,9H2,1-4H3. The van der Waals surface area contributed by atoms with Crippen LogP contribution < -0.4 is 10.1 Å². The van der Waals surface area contributed by atoms with Gasteiger partial charge in [-0.15, -0.1) is 0 Å². The number of nitrogens with zero attached hydrogens (tertiary/aromatic N) is 1. The summed E-state index contributed by atoms with van der Waals surface area (Å²) < 4.78 is 6.51. The molecule has 0 fully saturated rings. The minimum atomic E-state index is 0.679. The van der Waals surface area contributed by atoms with E-state index in [1.165, 1.54) is 5.56 Å². The molecular formula is C16H19BrN2O. The molecule has 0 aliphatic carbocycles. The highest BCUT2D eigenvalue weighted by molar-refractivity contribution is 9.10. The van der Waals surface area contributed by atoms with Crippen molar-refractivity contribution in [1.82, 2.24) is 4.98 Å². The van der Waals surface area contributed by atoms with Gasteiger partial charge in [0.15, 0.2) is 0 Å². The van der Waals surface area contributed by atoms with E-state index in [2.05, 4.69) is 51.4 Å². The summed E-state index contributed by atoms with van der Waals surface area (Å²) in [6.45, 7) is 6.81. The van der Waals surface area contributed by atoms with Crippen molar-refractivity contribution in [2.75, 3.05) is 12.4 Å². The van der Waals surface area contributed by atoms with Crippen molar-refractivity contribution in [3.63, 3.8) is 0 Å². The van der Waals surface area contributed by atoms with Gasteiger partial charge in [-0.05, 0) is 44.5 Å². The van der Waals surface area contributed by atoms with Gasteiger partial charge in [0.1, 0.15) is 5.75 Å². The minimum Gasteiger partial charge on any atom is -0.496 e. The van der Waals surface area contributed by atoms with Gasteiger partial charge < -0.3 is 10.1 Å². The largest absolute Gasteiger partial charge is 0.496 e. The van der Waals surface area contributed by atoms with E-state index < -0.39 is 0 Å². The summed E-state index contributed by atoms with van der Waals surface area (Å²) in [4.78, 5) is 4.49. The zero-order valence-electron chi connectivity index (χ0n) is 12.2. The van der Waals surface area contributed by atoms with Crippen LogP contribution in [0.3, 0.4) is 0 Å². The topological polar surface area (TPSA) is 34.1 Å². The fraction of sp³-hybridized carbons (Fsp3) is 0.312. The van der Waals surface area contributed by atoms with Gasteiger partial charge in [-0.3, -0.25) is 4.98 Å². The number of benzene rings is 1. The lowest BCUT2D eigenvalue weighted by Gasteiger charge is -2.13. The summed E-state index contributed by atoms with van der Waals surface area (Å²) in [5.74, 6) is 0.919. The van der Waals surface area contributed by atoms with Gasteiger partial charge in [0.05, 0.1) is 19.3 Å². The molecule has 0 saturated heterocycles. The summed E-state index contributed by atoms with van der Waals surface area (Å²) >= 11 is 3.51. The second-order valence-electron chi connectivity index (χ2n) is 4.92.